The Balaban J connectivity index is 2.56. The zero-order chi connectivity index (χ0) is 12.2. The Bertz CT molecular complexity index is 346. The molecule has 2 heteroatoms. The first-order valence-corrected chi connectivity index (χ1v) is 6.29. The van der Waals surface area contributed by atoms with Crippen molar-refractivity contribution >= 4 is 15.9 Å². The normalized spacial score (nSPS) is 14.3. The number of rotatable bonds is 3. The summed E-state index contributed by atoms with van der Waals surface area (Å²) in [6, 6.07) is 7.79. The number of hydrogen-bond donors (Lipinski definition) is 1. The van der Waals surface area contributed by atoms with Crippen molar-refractivity contribution in [2.45, 2.75) is 33.3 Å². The van der Waals surface area contributed by atoms with Crippen LogP contribution in [0, 0.1) is 5.41 Å². The Morgan fingerprint density at radius 1 is 1.25 bits per heavy atom. The molecule has 0 aromatic heterocycles. The van der Waals surface area contributed by atoms with Gasteiger partial charge in [0.05, 0.1) is 6.10 Å². The van der Waals surface area contributed by atoms with E-state index in [-0.39, 0.29) is 5.41 Å². The molecular formula is C14H19BrO. The van der Waals surface area contributed by atoms with E-state index < -0.39 is 6.10 Å². The highest BCUT2D eigenvalue weighted by atomic mass is 79.9. The Morgan fingerprint density at radius 3 is 2.31 bits per heavy atom. The Labute approximate surface area is 106 Å². The summed E-state index contributed by atoms with van der Waals surface area (Å²) in [5.41, 5.74) is 1.14. The van der Waals surface area contributed by atoms with Gasteiger partial charge in [-0.2, -0.15) is 0 Å². The topological polar surface area (TPSA) is 20.2 Å². The fourth-order valence-corrected chi connectivity index (χ4v) is 1.64. The Hall–Kier alpha value is -0.600. The molecule has 16 heavy (non-hydrogen) atoms. The van der Waals surface area contributed by atoms with Crippen molar-refractivity contribution < 1.29 is 5.11 Å². The van der Waals surface area contributed by atoms with Gasteiger partial charge in [-0.3, -0.25) is 0 Å². The smallest absolute Gasteiger partial charge is 0.0824 e. The Morgan fingerprint density at radius 2 is 1.81 bits per heavy atom. The molecule has 0 aliphatic carbocycles. The van der Waals surface area contributed by atoms with Crippen LogP contribution in [0.15, 0.2) is 40.9 Å². The third-order valence-corrected chi connectivity index (χ3v) is 2.76. The average molecular weight is 283 g/mol. The summed E-state index contributed by atoms with van der Waals surface area (Å²) < 4.78 is 1.04. The van der Waals surface area contributed by atoms with Crippen molar-refractivity contribution in [3.63, 3.8) is 0 Å². The van der Waals surface area contributed by atoms with Gasteiger partial charge >= 0.3 is 0 Å². The molecule has 0 spiro atoms. The number of hydrogen-bond acceptors (Lipinski definition) is 1. The van der Waals surface area contributed by atoms with E-state index in [1.807, 2.05) is 30.3 Å². The highest BCUT2D eigenvalue weighted by Crippen LogP contribution is 2.21. The zero-order valence-electron chi connectivity index (χ0n) is 10.1. The number of benzene rings is 1. The molecule has 1 aromatic rings. The molecular weight excluding hydrogens is 264 g/mol. The van der Waals surface area contributed by atoms with Crippen molar-refractivity contribution in [1.82, 2.24) is 0 Å². The lowest BCUT2D eigenvalue weighted by Gasteiger charge is -2.13. The maximum Gasteiger partial charge on any atom is 0.0824 e. The first kappa shape index (κ1) is 13.5. The molecule has 0 saturated heterocycles. The molecule has 88 valence electrons. The van der Waals surface area contributed by atoms with Gasteiger partial charge in [-0.05, 0) is 29.5 Å². The van der Waals surface area contributed by atoms with E-state index in [9.17, 15) is 5.11 Å². The van der Waals surface area contributed by atoms with E-state index in [0.29, 0.717) is 6.42 Å². The number of allylic oxidation sites excluding steroid dienone is 1. The van der Waals surface area contributed by atoms with Gasteiger partial charge in [0.2, 0.25) is 0 Å². The van der Waals surface area contributed by atoms with Crippen LogP contribution in [0.25, 0.3) is 0 Å². The molecule has 0 aliphatic heterocycles. The molecule has 1 unspecified atom stereocenters. The van der Waals surface area contributed by atoms with Crippen LogP contribution in [0.5, 0.6) is 0 Å². The number of aliphatic hydroxyl groups excluding tert-OH is 1. The van der Waals surface area contributed by atoms with Crippen LogP contribution in [0.3, 0.4) is 0 Å². The predicted octanol–water partition coefficient (Wildman–Crippen LogP) is 4.47. The van der Waals surface area contributed by atoms with Crippen molar-refractivity contribution in [2.75, 3.05) is 0 Å². The van der Waals surface area contributed by atoms with Crippen LogP contribution in [0.4, 0.5) is 0 Å². The highest BCUT2D eigenvalue weighted by Gasteiger charge is 2.07. The molecule has 0 aliphatic rings. The van der Waals surface area contributed by atoms with Gasteiger partial charge in [-0.25, -0.2) is 0 Å². The minimum absolute atomic E-state index is 0.180. The third-order valence-electron chi connectivity index (χ3n) is 2.23. The molecule has 1 N–H and O–H groups in total. The molecule has 1 nitrogen and oxygen atoms in total. The third kappa shape index (κ3) is 4.95. The lowest BCUT2D eigenvalue weighted by Crippen LogP contribution is -2.00. The highest BCUT2D eigenvalue weighted by molar-refractivity contribution is 9.10. The molecule has 1 atom stereocenters. The maximum absolute atomic E-state index is 9.94. The van der Waals surface area contributed by atoms with Crippen LogP contribution in [0.2, 0.25) is 0 Å². The SMILES string of the molecule is CC(C)(C)/C=C\CC(O)c1ccc(Br)cc1. The van der Waals surface area contributed by atoms with Gasteiger partial charge in [-0.15, -0.1) is 0 Å². The fourth-order valence-electron chi connectivity index (χ4n) is 1.37. The van der Waals surface area contributed by atoms with Gasteiger partial charge in [-0.1, -0.05) is 61.0 Å². The summed E-state index contributed by atoms with van der Waals surface area (Å²) in [7, 11) is 0. The van der Waals surface area contributed by atoms with Crippen LogP contribution in [-0.2, 0) is 0 Å². The van der Waals surface area contributed by atoms with Gasteiger partial charge in [0.1, 0.15) is 0 Å². The van der Waals surface area contributed by atoms with Crippen molar-refractivity contribution in [1.29, 1.82) is 0 Å². The van der Waals surface area contributed by atoms with Crippen molar-refractivity contribution in [3.8, 4) is 0 Å². The second-order valence-corrected chi connectivity index (χ2v) is 5.99. The van der Waals surface area contributed by atoms with E-state index in [0.717, 1.165) is 10.0 Å². The monoisotopic (exact) mass is 282 g/mol. The second-order valence-electron chi connectivity index (χ2n) is 5.07. The molecule has 0 heterocycles. The summed E-state index contributed by atoms with van der Waals surface area (Å²) in [4.78, 5) is 0. The van der Waals surface area contributed by atoms with Gasteiger partial charge < -0.3 is 5.11 Å². The molecule has 1 rings (SSSR count). The van der Waals surface area contributed by atoms with Crippen LogP contribution >= 0.6 is 15.9 Å². The lowest BCUT2D eigenvalue weighted by molar-refractivity contribution is 0.181. The average Bonchev–Trinajstić information content (AvgIpc) is 2.16. The Kier molecular flexibility index (Phi) is 4.75. The molecule has 0 saturated carbocycles. The number of halogens is 1. The summed E-state index contributed by atoms with van der Waals surface area (Å²) >= 11 is 3.38. The maximum atomic E-state index is 9.94. The zero-order valence-corrected chi connectivity index (χ0v) is 11.7. The second kappa shape index (κ2) is 5.65. The van der Waals surface area contributed by atoms with Crippen LogP contribution in [0.1, 0.15) is 38.9 Å². The van der Waals surface area contributed by atoms with Gasteiger partial charge in [0.15, 0.2) is 0 Å². The first-order valence-electron chi connectivity index (χ1n) is 5.50. The van der Waals surface area contributed by atoms with E-state index in [1.165, 1.54) is 0 Å². The molecule has 0 amide bonds. The summed E-state index contributed by atoms with van der Waals surface area (Å²) in [5.74, 6) is 0. The fraction of sp³-hybridized carbons (Fsp3) is 0.429. The largest absolute Gasteiger partial charge is 0.388 e. The first-order chi connectivity index (χ1) is 7.38. The van der Waals surface area contributed by atoms with E-state index in [1.54, 1.807) is 0 Å². The van der Waals surface area contributed by atoms with Crippen LogP contribution < -0.4 is 0 Å². The summed E-state index contributed by atoms with van der Waals surface area (Å²) in [6.45, 7) is 6.44. The number of aliphatic hydroxyl groups is 1. The van der Waals surface area contributed by atoms with E-state index in [2.05, 4.69) is 42.8 Å². The molecule has 1 aromatic carbocycles. The van der Waals surface area contributed by atoms with Crippen LogP contribution in [-0.4, -0.2) is 5.11 Å². The van der Waals surface area contributed by atoms with E-state index >= 15 is 0 Å². The lowest BCUT2D eigenvalue weighted by atomic mass is 9.95. The minimum atomic E-state index is -0.410. The van der Waals surface area contributed by atoms with Crippen molar-refractivity contribution in [2.24, 2.45) is 5.41 Å². The quantitative estimate of drug-likeness (QED) is 0.811. The summed E-state index contributed by atoms with van der Waals surface area (Å²) in [6.07, 6.45) is 4.44. The van der Waals surface area contributed by atoms with Gasteiger partial charge in [0, 0.05) is 4.47 Å². The standard InChI is InChI=1S/C14H19BrO/c1-14(2,3)10-4-5-13(16)11-6-8-12(15)9-7-11/h4,6-10,13,16H,5H2,1-3H3/b10-4-. The minimum Gasteiger partial charge on any atom is -0.388 e. The van der Waals surface area contributed by atoms with Crippen molar-refractivity contribution in [3.05, 3.63) is 46.5 Å². The van der Waals surface area contributed by atoms with E-state index in [4.69, 9.17) is 0 Å². The van der Waals surface area contributed by atoms with Gasteiger partial charge in [0.25, 0.3) is 0 Å². The summed E-state index contributed by atoms with van der Waals surface area (Å²) in [5, 5.41) is 9.94. The molecule has 0 radical (unpaired) electrons. The molecule has 0 fully saturated rings. The predicted molar refractivity (Wildman–Crippen MR) is 72.3 cm³/mol. The molecule has 0 bridgehead atoms.